The highest BCUT2D eigenvalue weighted by atomic mass is 32.2. The van der Waals surface area contributed by atoms with Gasteiger partial charge in [0.1, 0.15) is 5.75 Å². The maximum Gasteiger partial charge on any atom is 0.269 e. The number of rotatable bonds is 9. The van der Waals surface area contributed by atoms with E-state index in [0.29, 0.717) is 16.7 Å². The number of non-ortho nitro benzene ring substituents is 1. The number of carbonyl (C=O) groups excluding carboxylic acids is 1. The van der Waals surface area contributed by atoms with Gasteiger partial charge < -0.3 is 14.6 Å². The van der Waals surface area contributed by atoms with Gasteiger partial charge in [-0.15, -0.1) is 10.2 Å². The van der Waals surface area contributed by atoms with E-state index in [2.05, 4.69) is 22.4 Å². The molecule has 1 unspecified atom stereocenters. The van der Waals surface area contributed by atoms with Crippen LogP contribution in [0.3, 0.4) is 0 Å². The first-order chi connectivity index (χ1) is 14.9. The Morgan fingerprint density at radius 1 is 1.19 bits per heavy atom. The topological polar surface area (TPSA) is 112 Å². The first-order valence-electron chi connectivity index (χ1n) is 9.69. The minimum absolute atomic E-state index is 0.0309. The van der Waals surface area contributed by atoms with Crippen LogP contribution in [0.25, 0.3) is 0 Å². The van der Waals surface area contributed by atoms with E-state index in [1.807, 2.05) is 38.2 Å². The third-order valence-corrected chi connectivity index (χ3v) is 5.59. The Kier molecular flexibility index (Phi) is 7.24. The molecule has 1 amide bonds. The number of aryl methyl sites for hydroxylation is 1. The molecular formula is C21H23N5O4S. The third kappa shape index (κ3) is 5.82. The van der Waals surface area contributed by atoms with Gasteiger partial charge in [0, 0.05) is 24.9 Å². The van der Waals surface area contributed by atoms with Crippen LogP contribution in [0.15, 0.2) is 53.7 Å². The zero-order chi connectivity index (χ0) is 22.4. The maximum atomic E-state index is 12.2. The Balaban J connectivity index is 1.55. The van der Waals surface area contributed by atoms with E-state index < -0.39 is 4.92 Å². The van der Waals surface area contributed by atoms with Crippen molar-refractivity contribution in [3.63, 3.8) is 0 Å². The first kappa shape index (κ1) is 22.3. The van der Waals surface area contributed by atoms with Crippen molar-refractivity contribution in [2.45, 2.75) is 31.5 Å². The van der Waals surface area contributed by atoms with E-state index in [1.165, 1.54) is 41.6 Å². The Labute approximate surface area is 184 Å². The number of nitro benzene ring substituents is 1. The molecule has 1 atom stereocenters. The highest BCUT2D eigenvalue weighted by Crippen LogP contribution is 2.24. The predicted octanol–water partition coefficient (Wildman–Crippen LogP) is 4.16. The average Bonchev–Trinajstić information content (AvgIpc) is 3.13. The lowest BCUT2D eigenvalue weighted by atomic mass is 10.2. The molecule has 1 aromatic heterocycles. The second-order valence-corrected chi connectivity index (χ2v) is 7.74. The molecule has 0 aliphatic carbocycles. The summed E-state index contributed by atoms with van der Waals surface area (Å²) in [4.78, 5) is 22.4. The van der Waals surface area contributed by atoms with Crippen LogP contribution >= 0.6 is 11.8 Å². The second-order valence-electron chi connectivity index (χ2n) is 6.80. The molecular weight excluding hydrogens is 418 g/mol. The molecule has 0 radical (unpaired) electrons. The molecule has 0 saturated heterocycles. The fourth-order valence-corrected chi connectivity index (χ4v) is 3.58. The highest BCUT2D eigenvalue weighted by molar-refractivity contribution is 7.99. The van der Waals surface area contributed by atoms with Crippen molar-refractivity contribution < 1.29 is 14.5 Å². The number of anilines is 1. The summed E-state index contributed by atoms with van der Waals surface area (Å²) < 4.78 is 7.77. The minimum atomic E-state index is -0.488. The molecule has 1 N–H and O–H groups in total. The highest BCUT2D eigenvalue weighted by Gasteiger charge is 2.18. The second kappa shape index (κ2) is 10.1. The standard InChI is InChI=1S/C21H23N5O4S/c1-4-15-5-11-18(12-6-15)30-14(2)20-23-24-21(25(20)3)31-13-19(27)22-16-7-9-17(10-8-16)26(28)29/h5-12,14H,4,13H2,1-3H3,(H,22,27). The molecule has 3 aromatic rings. The zero-order valence-electron chi connectivity index (χ0n) is 17.4. The van der Waals surface area contributed by atoms with Gasteiger partial charge in [0.15, 0.2) is 17.1 Å². The number of hydrogen-bond donors (Lipinski definition) is 1. The van der Waals surface area contributed by atoms with Crippen molar-refractivity contribution in [1.29, 1.82) is 0 Å². The van der Waals surface area contributed by atoms with Crippen molar-refractivity contribution in [2.24, 2.45) is 7.05 Å². The number of amides is 1. The van der Waals surface area contributed by atoms with Gasteiger partial charge in [-0.2, -0.15) is 0 Å². The first-order valence-corrected chi connectivity index (χ1v) is 10.7. The van der Waals surface area contributed by atoms with Crippen LogP contribution in [-0.2, 0) is 18.3 Å². The summed E-state index contributed by atoms with van der Waals surface area (Å²) in [5.74, 6) is 1.28. The van der Waals surface area contributed by atoms with Gasteiger partial charge in [-0.05, 0) is 43.2 Å². The molecule has 31 heavy (non-hydrogen) atoms. The van der Waals surface area contributed by atoms with Gasteiger partial charge in [0.2, 0.25) is 5.91 Å². The zero-order valence-corrected chi connectivity index (χ0v) is 18.3. The summed E-state index contributed by atoms with van der Waals surface area (Å²) in [6.45, 7) is 4.00. The maximum absolute atomic E-state index is 12.2. The Bertz CT molecular complexity index is 1050. The van der Waals surface area contributed by atoms with Crippen molar-refractivity contribution in [3.05, 3.63) is 70.0 Å². The Hall–Kier alpha value is -3.40. The lowest BCUT2D eigenvalue weighted by molar-refractivity contribution is -0.384. The lowest BCUT2D eigenvalue weighted by Crippen LogP contribution is -2.15. The van der Waals surface area contributed by atoms with Crippen molar-refractivity contribution in [3.8, 4) is 5.75 Å². The van der Waals surface area contributed by atoms with Crippen molar-refractivity contribution in [1.82, 2.24) is 14.8 Å². The van der Waals surface area contributed by atoms with E-state index in [0.717, 1.165) is 12.2 Å². The van der Waals surface area contributed by atoms with Crippen LogP contribution in [0.4, 0.5) is 11.4 Å². The molecule has 0 saturated carbocycles. The Morgan fingerprint density at radius 3 is 2.48 bits per heavy atom. The molecule has 3 rings (SSSR count). The molecule has 9 nitrogen and oxygen atoms in total. The smallest absolute Gasteiger partial charge is 0.269 e. The summed E-state index contributed by atoms with van der Waals surface area (Å²) in [6.07, 6.45) is 0.658. The molecule has 0 fully saturated rings. The number of thioether (sulfide) groups is 1. The van der Waals surface area contributed by atoms with E-state index in [-0.39, 0.29) is 23.5 Å². The third-order valence-electron chi connectivity index (χ3n) is 4.57. The molecule has 0 bridgehead atoms. The molecule has 10 heteroatoms. The van der Waals surface area contributed by atoms with Gasteiger partial charge >= 0.3 is 0 Å². The number of nitrogens with zero attached hydrogens (tertiary/aromatic N) is 4. The summed E-state index contributed by atoms with van der Waals surface area (Å²) in [7, 11) is 1.83. The SMILES string of the molecule is CCc1ccc(OC(C)c2nnc(SCC(=O)Nc3ccc([N+](=O)[O-])cc3)n2C)cc1. The summed E-state index contributed by atoms with van der Waals surface area (Å²) in [5, 5.41) is 22.4. The molecule has 0 aliphatic rings. The van der Waals surface area contributed by atoms with E-state index >= 15 is 0 Å². The number of ether oxygens (including phenoxy) is 1. The van der Waals surface area contributed by atoms with Crippen molar-refractivity contribution >= 4 is 29.0 Å². The number of benzene rings is 2. The molecule has 2 aromatic carbocycles. The number of aromatic nitrogens is 3. The monoisotopic (exact) mass is 441 g/mol. The van der Waals surface area contributed by atoms with Crippen LogP contribution in [0.5, 0.6) is 5.75 Å². The van der Waals surface area contributed by atoms with E-state index in [4.69, 9.17) is 4.74 Å². The number of hydrogen-bond acceptors (Lipinski definition) is 7. The fourth-order valence-electron chi connectivity index (χ4n) is 2.86. The van der Waals surface area contributed by atoms with E-state index in [9.17, 15) is 14.9 Å². The van der Waals surface area contributed by atoms with Gasteiger partial charge in [-0.3, -0.25) is 14.9 Å². The van der Waals surface area contributed by atoms with Gasteiger partial charge in [0.25, 0.3) is 5.69 Å². The number of nitro groups is 1. The average molecular weight is 442 g/mol. The number of carbonyl (C=O) groups is 1. The van der Waals surface area contributed by atoms with Crippen LogP contribution in [0, 0.1) is 10.1 Å². The van der Waals surface area contributed by atoms with Gasteiger partial charge in [-0.1, -0.05) is 30.8 Å². The summed E-state index contributed by atoms with van der Waals surface area (Å²) in [5.41, 5.74) is 1.70. The van der Waals surface area contributed by atoms with Crippen LogP contribution < -0.4 is 10.1 Å². The van der Waals surface area contributed by atoms with Gasteiger partial charge in [0.05, 0.1) is 10.7 Å². The molecule has 0 spiro atoms. The van der Waals surface area contributed by atoms with Crippen LogP contribution in [0.2, 0.25) is 0 Å². The van der Waals surface area contributed by atoms with Crippen LogP contribution in [0.1, 0.15) is 31.3 Å². The molecule has 1 heterocycles. The summed E-state index contributed by atoms with van der Waals surface area (Å²) >= 11 is 1.25. The quantitative estimate of drug-likeness (QED) is 0.301. The largest absolute Gasteiger partial charge is 0.483 e. The van der Waals surface area contributed by atoms with E-state index in [1.54, 1.807) is 4.57 Å². The van der Waals surface area contributed by atoms with Crippen molar-refractivity contribution in [2.75, 3.05) is 11.1 Å². The minimum Gasteiger partial charge on any atom is -0.483 e. The lowest BCUT2D eigenvalue weighted by Gasteiger charge is -2.14. The number of nitrogens with one attached hydrogen (secondary N) is 1. The normalized spacial score (nSPS) is 11.7. The van der Waals surface area contributed by atoms with Crippen LogP contribution in [-0.4, -0.2) is 31.3 Å². The predicted molar refractivity (Wildman–Crippen MR) is 118 cm³/mol. The fraction of sp³-hybridized carbons (Fsp3) is 0.286. The molecule has 162 valence electrons. The summed E-state index contributed by atoms with van der Waals surface area (Å²) in [6, 6.07) is 13.6. The van der Waals surface area contributed by atoms with Gasteiger partial charge in [-0.25, -0.2) is 0 Å². The molecule has 0 aliphatic heterocycles. The Morgan fingerprint density at radius 2 is 1.87 bits per heavy atom.